The van der Waals surface area contributed by atoms with E-state index in [0.717, 1.165) is 0 Å². The van der Waals surface area contributed by atoms with Gasteiger partial charge in [-0.05, 0) is 31.2 Å². The van der Waals surface area contributed by atoms with Gasteiger partial charge in [0.05, 0.1) is 11.9 Å². The van der Waals surface area contributed by atoms with E-state index in [0.29, 0.717) is 5.56 Å². The van der Waals surface area contributed by atoms with E-state index < -0.39 is 7.60 Å². The summed E-state index contributed by atoms with van der Waals surface area (Å²) in [5.74, 6) is 2.43. The van der Waals surface area contributed by atoms with Gasteiger partial charge in [0.25, 0.3) is 0 Å². The van der Waals surface area contributed by atoms with Crippen LogP contribution in [0.15, 0.2) is 24.3 Å². The molecule has 3 nitrogen and oxygen atoms in total. The van der Waals surface area contributed by atoms with E-state index in [1.54, 1.807) is 19.1 Å². The highest BCUT2D eigenvalue weighted by atomic mass is 31.2. The zero-order valence-electron chi connectivity index (χ0n) is 7.80. The molecule has 1 N–H and O–H groups in total. The van der Waals surface area contributed by atoms with Crippen LogP contribution in [0, 0.1) is 12.3 Å². The average Bonchev–Trinajstić information content (AvgIpc) is 2.18. The van der Waals surface area contributed by atoms with Crippen molar-refractivity contribution in [3.8, 4) is 12.3 Å². The molecule has 1 rings (SSSR count). The monoisotopic (exact) mass is 210 g/mol. The molecule has 0 spiro atoms. The van der Waals surface area contributed by atoms with Gasteiger partial charge in [0.15, 0.2) is 0 Å². The Labute approximate surface area is 83.3 Å². The van der Waals surface area contributed by atoms with Crippen LogP contribution in [-0.2, 0) is 9.09 Å². The molecule has 4 heteroatoms. The van der Waals surface area contributed by atoms with Crippen molar-refractivity contribution in [2.45, 2.75) is 6.92 Å². The molecule has 0 aliphatic carbocycles. The smallest absolute Gasteiger partial charge is 0.321 e. The van der Waals surface area contributed by atoms with Crippen molar-refractivity contribution in [2.75, 3.05) is 6.61 Å². The maximum Gasteiger partial charge on any atom is 0.358 e. The molecular weight excluding hydrogens is 199 g/mol. The Morgan fingerprint density at radius 2 is 2.07 bits per heavy atom. The SMILES string of the molecule is C#Cc1ccc(P(=O)(O)OCC)cc1. The van der Waals surface area contributed by atoms with Crippen molar-refractivity contribution in [2.24, 2.45) is 0 Å². The lowest BCUT2D eigenvalue weighted by Crippen LogP contribution is -2.06. The maximum absolute atomic E-state index is 11.5. The second-order valence-electron chi connectivity index (χ2n) is 2.63. The van der Waals surface area contributed by atoms with Crippen LogP contribution >= 0.6 is 7.60 Å². The molecule has 0 fully saturated rings. The number of terminal acetylenes is 1. The van der Waals surface area contributed by atoms with Crippen molar-refractivity contribution in [3.05, 3.63) is 29.8 Å². The highest BCUT2D eigenvalue weighted by Crippen LogP contribution is 2.40. The molecule has 0 saturated carbocycles. The lowest BCUT2D eigenvalue weighted by molar-refractivity contribution is 0.284. The van der Waals surface area contributed by atoms with Gasteiger partial charge >= 0.3 is 7.60 Å². The second-order valence-corrected chi connectivity index (χ2v) is 4.44. The summed E-state index contributed by atoms with van der Waals surface area (Å²) in [7, 11) is -3.64. The first kappa shape index (κ1) is 11.0. The van der Waals surface area contributed by atoms with Gasteiger partial charge in [-0.15, -0.1) is 6.42 Å². The summed E-state index contributed by atoms with van der Waals surface area (Å²) in [6, 6.07) is 6.23. The molecule has 0 heterocycles. The van der Waals surface area contributed by atoms with E-state index in [1.165, 1.54) is 12.1 Å². The minimum atomic E-state index is -3.64. The molecule has 0 aliphatic rings. The van der Waals surface area contributed by atoms with Crippen LogP contribution in [0.3, 0.4) is 0 Å². The Morgan fingerprint density at radius 1 is 1.50 bits per heavy atom. The topological polar surface area (TPSA) is 46.5 Å². The first-order chi connectivity index (χ1) is 6.60. The van der Waals surface area contributed by atoms with Crippen molar-refractivity contribution >= 4 is 12.9 Å². The molecule has 0 saturated heterocycles. The first-order valence-electron chi connectivity index (χ1n) is 4.14. The van der Waals surface area contributed by atoms with Crippen LogP contribution in [0.4, 0.5) is 0 Å². The van der Waals surface area contributed by atoms with Gasteiger partial charge in [-0.25, -0.2) is 0 Å². The second kappa shape index (κ2) is 4.43. The molecule has 1 atom stereocenters. The zero-order chi connectivity index (χ0) is 10.6. The van der Waals surface area contributed by atoms with Gasteiger partial charge in [-0.2, -0.15) is 0 Å². The summed E-state index contributed by atoms with van der Waals surface area (Å²) >= 11 is 0. The fraction of sp³-hybridized carbons (Fsp3) is 0.200. The van der Waals surface area contributed by atoms with Gasteiger partial charge in [-0.1, -0.05) is 5.92 Å². The van der Waals surface area contributed by atoms with Crippen LogP contribution in [0.1, 0.15) is 12.5 Å². The zero-order valence-corrected chi connectivity index (χ0v) is 8.70. The quantitative estimate of drug-likeness (QED) is 0.607. The molecule has 0 radical (unpaired) electrons. The van der Waals surface area contributed by atoms with E-state index in [1.807, 2.05) is 0 Å². The van der Waals surface area contributed by atoms with Gasteiger partial charge in [0.2, 0.25) is 0 Å². The Hall–Kier alpha value is -1.07. The molecule has 0 aromatic heterocycles. The molecule has 74 valence electrons. The van der Waals surface area contributed by atoms with Crippen LogP contribution in [0.2, 0.25) is 0 Å². The molecule has 1 aromatic carbocycles. The first-order valence-corrected chi connectivity index (χ1v) is 5.72. The predicted molar refractivity (Wildman–Crippen MR) is 55.5 cm³/mol. The Kier molecular flexibility index (Phi) is 3.49. The van der Waals surface area contributed by atoms with Gasteiger partial charge in [0.1, 0.15) is 0 Å². The lowest BCUT2D eigenvalue weighted by Gasteiger charge is -2.10. The van der Waals surface area contributed by atoms with E-state index in [2.05, 4.69) is 5.92 Å². The number of rotatable bonds is 3. The van der Waals surface area contributed by atoms with Crippen LogP contribution < -0.4 is 5.30 Å². The van der Waals surface area contributed by atoms with E-state index >= 15 is 0 Å². The standard InChI is InChI=1S/C10H11O3P/c1-3-9-5-7-10(8-6-9)14(11,12)13-4-2/h1,5-8H,4H2,2H3,(H,11,12). The molecule has 0 amide bonds. The number of benzene rings is 1. The predicted octanol–water partition coefficient (Wildman–Crippen LogP) is 1.52. The van der Waals surface area contributed by atoms with Crippen molar-refractivity contribution in [1.29, 1.82) is 0 Å². The third kappa shape index (κ3) is 2.46. The minimum Gasteiger partial charge on any atom is -0.321 e. The third-order valence-corrected chi connectivity index (χ3v) is 3.22. The fourth-order valence-electron chi connectivity index (χ4n) is 0.996. The maximum atomic E-state index is 11.5. The Morgan fingerprint density at radius 3 is 2.50 bits per heavy atom. The van der Waals surface area contributed by atoms with Gasteiger partial charge in [-0.3, -0.25) is 4.57 Å². The average molecular weight is 210 g/mol. The summed E-state index contributed by atoms with van der Waals surface area (Å²) in [5.41, 5.74) is 0.672. The van der Waals surface area contributed by atoms with E-state index in [4.69, 9.17) is 10.9 Å². The van der Waals surface area contributed by atoms with Gasteiger partial charge < -0.3 is 9.42 Å². The molecule has 1 unspecified atom stereocenters. The van der Waals surface area contributed by atoms with Crippen molar-refractivity contribution in [3.63, 3.8) is 0 Å². The van der Waals surface area contributed by atoms with Crippen molar-refractivity contribution in [1.82, 2.24) is 0 Å². The molecule has 14 heavy (non-hydrogen) atoms. The molecular formula is C10H11O3P. The van der Waals surface area contributed by atoms with Crippen molar-refractivity contribution < 1.29 is 14.0 Å². The summed E-state index contributed by atoms with van der Waals surface area (Å²) < 4.78 is 16.2. The highest BCUT2D eigenvalue weighted by molar-refractivity contribution is 7.61. The van der Waals surface area contributed by atoms with Crippen LogP contribution in [0.5, 0.6) is 0 Å². The normalized spacial score (nSPS) is 14.4. The summed E-state index contributed by atoms with van der Waals surface area (Å²) in [4.78, 5) is 9.43. The Bertz CT molecular complexity index is 389. The van der Waals surface area contributed by atoms with Crippen LogP contribution in [0.25, 0.3) is 0 Å². The summed E-state index contributed by atoms with van der Waals surface area (Å²) in [6.07, 6.45) is 5.15. The largest absolute Gasteiger partial charge is 0.358 e. The summed E-state index contributed by atoms with van der Waals surface area (Å²) in [6.45, 7) is 1.86. The summed E-state index contributed by atoms with van der Waals surface area (Å²) in [5, 5.41) is 0.262. The lowest BCUT2D eigenvalue weighted by atomic mass is 10.2. The molecule has 0 aliphatic heterocycles. The third-order valence-electron chi connectivity index (χ3n) is 1.66. The fourth-order valence-corrected chi connectivity index (χ4v) is 2.02. The number of hydrogen-bond donors (Lipinski definition) is 1. The highest BCUT2D eigenvalue weighted by Gasteiger charge is 2.21. The Balaban J connectivity index is 2.98. The van der Waals surface area contributed by atoms with E-state index in [-0.39, 0.29) is 11.9 Å². The van der Waals surface area contributed by atoms with Crippen LogP contribution in [-0.4, -0.2) is 11.5 Å². The van der Waals surface area contributed by atoms with Gasteiger partial charge in [0, 0.05) is 5.56 Å². The minimum absolute atomic E-state index is 0.199. The van der Waals surface area contributed by atoms with E-state index in [9.17, 15) is 9.46 Å². The molecule has 1 aromatic rings. The number of hydrogen-bond acceptors (Lipinski definition) is 2. The molecule has 0 bridgehead atoms.